The van der Waals surface area contributed by atoms with E-state index < -0.39 is 18.2 Å². The lowest BCUT2D eigenvalue weighted by Gasteiger charge is -2.20. The van der Waals surface area contributed by atoms with Crippen molar-refractivity contribution in [2.24, 2.45) is 0 Å². The molecule has 0 heterocycles. The molecule has 0 radical (unpaired) electrons. The number of aliphatic hydroxyl groups is 1. The molecule has 0 aliphatic rings. The van der Waals surface area contributed by atoms with Crippen molar-refractivity contribution in [2.75, 3.05) is 32.2 Å². The van der Waals surface area contributed by atoms with Crippen LogP contribution in [0.4, 0.5) is 10.5 Å². The summed E-state index contributed by atoms with van der Waals surface area (Å²) in [6, 6.07) is 14.1. The van der Waals surface area contributed by atoms with Gasteiger partial charge < -0.3 is 24.1 Å². The molecule has 2 N–H and O–H groups in total. The van der Waals surface area contributed by atoms with Gasteiger partial charge >= 0.3 is 12.1 Å². The number of hydrogen-bond acceptors (Lipinski definition) is 7. The van der Waals surface area contributed by atoms with Gasteiger partial charge in [0, 0.05) is 18.2 Å². The molecule has 1 amide bonds. The minimum atomic E-state index is -0.604. The molecule has 0 bridgehead atoms. The van der Waals surface area contributed by atoms with E-state index in [0.29, 0.717) is 30.2 Å². The minimum Gasteiger partial charge on any atom is -0.497 e. The number of benzene rings is 2. The van der Waals surface area contributed by atoms with Crippen molar-refractivity contribution in [1.29, 1.82) is 0 Å². The Labute approximate surface area is 206 Å². The maximum absolute atomic E-state index is 12.7. The molecule has 188 valence electrons. The van der Waals surface area contributed by atoms with Gasteiger partial charge in [-0.25, -0.2) is 9.59 Å². The molecule has 0 unspecified atom stereocenters. The van der Waals surface area contributed by atoms with Crippen LogP contribution in [0.2, 0.25) is 0 Å². The topological polar surface area (TPSA) is 103 Å². The van der Waals surface area contributed by atoms with E-state index in [1.807, 2.05) is 25.1 Å². The van der Waals surface area contributed by atoms with Crippen LogP contribution < -0.4 is 14.8 Å². The number of nitrogens with one attached hydrogen (secondary N) is 1. The highest BCUT2D eigenvalue weighted by Crippen LogP contribution is 2.28. The standard InChI is InChI=1S/C27H33NO7/c1-5-33-26(30)18-20(3)16-19(2)17-25(21-6-10-24(11-7-21)34-15-14-29)35-27(31)28-22-8-12-23(32-4)13-9-22/h6-13,16,18,25,29H,5,14-15,17H2,1-4H3,(H,28,31)/b19-16+,20-18+/t25-/m0/s1. The number of anilines is 1. The molecule has 8 nitrogen and oxygen atoms in total. The highest BCUT2D eigenvalue weighted by Gasteiger charge is 2.18. The highest BCUT2D eigenvalue weighted by molar-refractivity contribution is 5.85. The number of methoxy groups -OCH3 is 1. The predicted molar refractivity (Wildman–Crippen MR) is 134 cm³/mol. The first-order valence-corrected chi connectivity index (χ1v) is 11.3. The van der Waals surface area contributed by atoms with Gasteiger partial charge in [-0.15, -0.1) is 0 Å². The predicted octanol–water partition coefficient (Wildman–Crippen LogP) is 5.20. The van der Waals surface area contributed by atoms with E-state index in [4.69, 9.17) is 24.1 Å². The fourth-order valence-corrected chi connectivity index (χ4v) is 3.27. The smallest absolute Gasteiger partial charge is 0.412 e. The maximum atomic E-state index is 12.7. The number of rotatable bonds is 12. The summed E-state index contributed by atoms with van der Waals surface area (Å²) in [6.07, 6.45) is 2.49. The highest BCUT2D eigenvalue weighted by atomic mass is 16.6. The molecule has 0 spiro atoms. The number of amides is 1. The van der Waals surface area contributed by atoms with Gasteiger partial charge in [0.05, 0.1) is 20.3 Å². The molecule has 0 saturated carbocycles. The van der Waals surface area contributed by atoms with Crippen LogP contribution in [0.1, 0.15) is 38.9 Å². The zero-order valence-electron chi connectivity index (χ0n) is 20.6. The van der Waals surface area contributed by atoms with Crippen LogP contribution in [0, 0.1) is 0 Å². The van der Waals surface area contributed by atoms with Crippen molar-refractivity contribution in [3.63, 3.8) is 0 Å². The number of carbonyl (C=O) groups excluding carboxylic acids is 2. The summed E-state index contributed by atoms with van der Waals surface area (Å²) < 4.78 is 21.3. The van der Waals surface area contributed by atoms with Gasteiger partial charge in [0.15, 0.2) is 0 Å². The van der Waals surface area contributed by atoms with Crippen LogP contribution in [0.3, 0.4) is 0 Å². The fourth-order valence-electron chi connectivity index (χ4n) is 3.27. The van der Waals surface area contributed by atoms with Gasteiger partial charge in [0.25, 0.3) is 0 Å². The van der Waals surface area contributed by atoms with Crippen LogP contribution in [-0.2, 0) is 14.3 Å². The first-order valence-electron chi connectivity index (χ1n) is 11.3. The Hall–Kier alpha value is -3.78. The zero-order chi connectivity index (χ0) is 25.6. The van der Waals surface area contributed by atoms with Gasteiger partial charge in [-0.2, -0.15) is 0 Å². The molecule has 0 aromatic heterocycles. The largest absolute Gasteiger partial charge is 0.497 e. The van der Waals surface area contributed by atoms with Gasteiger partial charge in [-0.05, 0) is 68.3 Å². The van der Waals surface area contributed by atoms with E-state index in [0.717, 1.165) is 16.7 Å². The molecule has 0 aliphatic carbocycles. The van der Waals surface area contributed by atoms with E-state index in [1.54, 1.807) is 57.4 Å². The monoisotopic (exact) mass is 483 g/mol. The molecule has 35 heavy (non-hydrogen) atoms. The summed E-state index contributed by atoms with van der Waals surface area (Å²) in [6.45, 7) is 5.88. The Bertz CT molecular complexity index is 1010. The van der Waals surface area contributed by atoms with Crippen molar-refractivity contribution in [3.05, 3.63) is 77.4 Å². The molecule has 1 atom stereocenters. The van der Waals surface area contributed by atoms with Crippen LogP contribution >= 0.6 is 0 Å². The van der Waals surface area contributed by atoms with E-state index >= 15 is 0 Å². The van der Waals surface area contributed by atoms with Crippen molar-refractivity contribution in [3.8, 4) is 11.5 Å². The molecular weight excluding hydrogens is 450 g/mol. The Kier molecular flexibility index (Phi) is 11.4. The maximum Gasteiger partial charge on any atom is 0.412 e. The minimum absolute atomic E-state index is 0.0817. The molecule has 2 aromatic carbocycles. The van der Waals surface area contributed by atoms with Crippen molar-refractivity contribution < 1.29 is 33.6 Å². The Morgan fingerprint density at radius 1 is 1.00 bits per heavy atom. The number of hydrogen-bond donors (Lipinski definition) is 2. The van der Waals surface area contributed by atoms with Crippen molar-refractivity contribution in [2.45, 2.75) is 33.3 Å². The van der Waals surface area contributed by atoms with Gasteiger partial charge in [0.1, 0.15) is 24.2 Å². The summed E-state index contributed by atoms with van der Waals surface area (Å²) in [4.78, 5) is 24.4. The normalized spacial score (nSPS) is 12.5. The number of esters is 1. The van der Waals surface area contributed by atoms with E-state index in [2.05, 4.69) is 5.32 Å². The first kappa shape index (κ1) is 27.5. The summed E-state index contributed by atoms with van der Waals surface area (Å²) in [5, 5.41) is 11.7. The third-order valence-corrected chi connectivity index (χ3v) is 4.81. The van der Waals surface area contributed by atoms with E-state index in [9.17, 15) is 9.59 Å². The SMILES string of the molecule is CCOC(=O)/C=C(C)/C=C(\C)C[C@H](OC(=O)Nc1ccc(OC)cc1)c1ccc(OCCO)cc1. The van der Waals surface area contributed by atoms with Gasteiger partial charge in [-0.3, -0.25) is 5.32 Å². The summed E-state index contributed by atoms with van der Waals surface area (Å²) in [7, 11) is 1.57. The second kappa shape index (κ2) is 14.5. The lowest BCUT2D eigenvalue weighted by atomic mass is 10.0. The van der Waals surface area contributed by atoms with Crippen LogP contribution in [0.25, 0.3) is 0 Å². The average molecular weight is 484 g/mol. The van der Waals surface area contributed by atoms with Crippen LogP contribution in [0.15, 0.2) is 71.8 Å². The Balaban J connectivity index is 2.18. The van der Waals surface area contributed by atoms with Gasteiger partial charge in [0.2, 0.25) is 0 Å². The molecule has 0 fully saturated rings. The summed E-state index contributed by atoms with van der Waals surface area (Å²) >= 11 is 0. The third-order valence-electron chi connectivity index (χ3n) is 4.81. The van der Waals surface area contributed by atoms with Crippen LogP contribution in [-0.4, -0.2) is 44.1 Å². The zero-order valence-corrected chi connectivity index (χ0v) is 20.6. The molecule has 0 saturated heterocycles. The second-order valence-corrected chi connectivity index (χ2v) is 7.72. The number of ether oxygens (including phenoxy) is 4. The number of carbonyl (C=O) groups is 2. The first-order chi connectivity index (χ1) is 16.8. The van der Waals surface area contributed by atoms with Gasteiger partial charge in [-0.1, -0.05) is 23.8 Å². The Morgan fingerprint density at radius 2 is 1.66 bits per heavy atom. The van der Waals surface area contributed by atoms with Crippen molar-refractivity contribution >= 4 is 17.7 Å². The summed E-state index contributed by atoms with van der Waals surface area (Å²) in [5.41, 5.74) is 2.98. The number of allylic oxidation sites excluding steroid dienone is 2. The Morgan fingerprint density at radius 3 is 2.26 bits per heavy atom. The molecule has 2 aromatic rings. The molecule has 2 rings (SSSR count). The molecular formula is C27H33NO7. The summed E-state index contributed by atoms with van der Waals surface area (Å²) in [5.74, 6) is 0.876. The van der Waals surface area contributed by atoms with Crippen molar-refractivity contribution in [1.82, 2.24) is 0 Å². The third kappa shape index (κ3) is 9.93. The lowest BCUT2D eigenvalue weighted by molar-refractivity contribution is -0.137. The quantitative estimate of drug-likeness (QED) is 0.243. The van der Waals surface area contributed by atoms with Crippen LogP contribution in [0.5, 0.6) is 11.5 Å². The van der Waals surface area contributed by atoms with E-state index in [-0.39, 0.29) is 13.2 Å². The lowest BCUT2D eigenvalue weighted by Crippen LogP contribution is -2.18. The fraction of sp³-hybridized carbons (Fsp3) is 0.333. The number of aliphatic hydroxyl groups excluding tert-OH is 1. The molecule has 8 heteroatoms. The molecule has 0 aliphatic heterocycles. The average Bonchev–Trinajstić information content (AvgIpc) is 2.83. The van der Waals surface area contributed by atoms with E-state index in [1.165, 1.54) is 6.08 Å². The second-order valence-electron chi connectivity index (χ2n) is 7.72.